The van der Waals surface area contributed by atoms with E-state index >= 15 is 0 Å². The summed E-state index contributed by atoms with van der Waals surface area (Å²) in [4.78, 5) is 23.2. The van der Waals surface area contributed by atoms with E-state index in [9.17, 15) is 14.7 Å². The third-order valence-electron chi connectivity index (χ3n) is 3.31. The van der Waals surface area contributed by atoms with Crippen LogP contribution in [0.2, 0.25) is 0 Å². The Hall–Kier alpha value is -2.24. The van der Waals surface area contributed by atoms with Crippen LogP contribution in [-0.4, -0.2) is 35.4 Å². The van der Waals surface area contributed by atoms with Gasteiger partial charge in [0.05, 0.1) is 6.61 Å². The van der Waals surface area contributed by atoms with Crippen molar-refractivity contribution < 1.29 is 24.2 Å². The Bertz CT molecular complexity index is 564. The SMILES string of the molecule is CC(C)(C)OC(=O)NC(CC1COc2ccccc21)C(=O)O. The van der Waals surface area contributed by atoms with E-state index in [0.717, 1.165) is 11.3 Å². The van der Waals surface area contributed by atoms with E-state index < -0.39 is 23.7 Å². The molecule has 2 N–H and O–H groups in total. The number of benzene rings is 1. The maximum atomic E-state index is 11.8. The molecular formula is C16H21NO5. The molecule has 1 aromatic rings. The number of para-hydroxylation sites is 1. The fourth-order valence-corrected chi connectivity index (χ4v) is 2.38. The summed E-state index contributed by atoms with van der Waals surface area (Å²) in [6.45, 7) is 5.59. The van der Waals surface area contributed by atoms with E-state index in [0.29, 0.717) is 6.61 Å². The van der Waals surface area contributed by atoms with Crippen molar-refractivity contribution in [3.8, 4) is 5.75 Å². The lowest BCUT2D eigenvalue weighted by atomic mass is 9.94. The van der Waals surface area contributed by atoms with Gasteiger partial charge in [0, 0.05) is 11.5 Å². The lowest BCUT2D eigenvalue weighted by Gasteiger charge is -2.23. The molecule has 1 aliphatic rings. The molecule has 1 amide bonds. The lowest BCUT2D eigenvalue weighted by Crippen LogP contribution is -2.44. The molecule has 2 unspecified atom stereocenters. The first kappa shape index (κ1) is 16.1. The molecule has 0 saturated heterocycles. The molecule has 0 spiro atoms. The second-order valence-corrected chi connectivity index (χ2v) is 6.32. The summed E-state index contributed by atoms with van der Waals surface area (Å²) >= 11 is 0. The summed E-state index contributed by atoms with van der Waals surface area (Å²) in [6.07, 6.45) is -0.474. The van der Waals surface area contributed by atoms with Gasteiger partial charge in [-0.25, -0.2) is 9.59 Å². The van der Waals surface area contributed by atoms with Gasteiger partial charge < -0.3 is 19.9 Å². The number of carboxylic acids is 1. The van der Waals surface area contributed by atoms with Gasteiger partial charge in [-0.3, -0.25) is 0 Å². The van der Waals surface area contributed by atoms with Crippen molar-refractivity contribution in [1.82, 2.24) is 5.32 Å². The molecule has 0 aliphatic carbocycles. The summed E-state index contributed by atoms with van der Waals surface area (Å²) in [5.41, 5.74) is 0.302. The highest BCUT2D eigenvalue weighted by atomic mass is 16.6. The normalized spacial score (nSPS) is 18.0. The molecule has 0 bridgehead atoms. The van der Waals surface area contributed by atoms with E-state index in [2.05, 4.69) is 5.32 Å². The Morgan fingerprint density at radius 1 is 1.41 bits per heavy atom. The number of amides is 1. The topological polar surface area (TPSA) is 84.9 Å². The van der Waals surface area contributed by atoms with Crippen LogP contribution in [0, 0.1) is 0 Å². The van der Waals surface area contributed by atoms with Crippen LogP contribution in [0.1, 0.15) is 38.7 Å². The van der Waals surface area contributed by atoms with Crippen LogP contribution >= 0.6 is 0 Å². The molecule has 1 aliphatic heterocycles. The van der Waals surface area contributed by atoms with E-state index in [1.165, 1.54) is 0 Å². The molecule has 1 heterocycles. The minimum absolute atomic E-state index is 0.0627. The average Bonchev–Trinajstić information content (AvgIpc) is 2.79. The number of hydrogen-bond donors (Lipinski definition) is 2. The standard InChI is InChI=1S/C16H21NO5/c1-16(2,3)22-15(20)17-12(14(18)19)8-10-9-21-13-7-5-4-6-11(10)13/h4-7,10,12H,8-9H2,1-3H3,(H,17,20)(H,18,19). The number of carbonyl (C=O) groups excluding carboxylic acids is 1. The fourth-order valence-electron chi connectivity index (χ4n) is 2.38. The van der Waals surface area contributed by atoms with Gasteiger partial charge in [0.2, 0.25) is 0 Å². The number of aliphatic carboxylic acids is 1. The van der Waals surface area contributed by atoms with Crippen LogP contribution in [0.15, 0.2) is 24.3 Å². The Morgan fingerprint density at radius 3 is 2.73 bits per heavy atom. The first-order valence-electron chi connectivity index (χ1n) is 7.20. The summed E-state index contributed by atoms with van der Waals surface area (Å²) in [6, 6.07) is 6.51. The molecule has 1 aromatic carbocycles. The molecular weight excluding hydrogens is 286 g/mol. The van der Waals surface area contributed by atoms with E-state index in [1.54, 1.807) is 20.8 Å². The number of alkyl carbamates (subject to hydrolysis) is 1. The number of hydrogen-bond acceptors (Lipinski definition) is 4. The van der Waals surface area contributed by atoms with Crippen molar-refractivity contribution in [3.05, 3.63) is 29.8 Å². The number of nitrogens with one attached hydrogen (secondary N) is 1. The van der Waals surface area contributed by atoms with E-state index in [4.69, 9.17) is 9.47 Å². The van der Waals surface area contributed by atoms with Crippen molar-refractivity contribution >= 4 is 12.1 Å². The summed E-state index contributed by atoms with van der Waals surface area (Å²) in [5.74, 6) is -0.378. The zero-order valence-electron chi connectivity index (χ0n) is 13.0. The third kappa shape index (κ3) is 4.13. The van der Waals surface area contributed by atoms with Crippen LogP contribution in [0.4, 0.5) is 4.79 Å². The Balaban J connectivity index is 2.02. The van der Waals surface area contributed by atoms with Crippen LogP contribution in [-0.2, 0) is 9.53 Å². The first-order chi connectivity index (χ1) is 10.3. The predicted octanol–water partition coefficient (Wildman–Crippen LogP) is 2.53. The van der Waals surface area contributed by atoms with Gasteiger partial charge in [-0.2, -0.15) is 0 Å². The molecule has 6 heteroatoms. The first-order valence-corrected chi connectivity index (χ1v) is 7.20. The predicted molar refractivity (Wildman–Crippen MR) is 80.1 cm³/mol. The zero-order chi connectivity index (χ0) is 16.3. The Kier molecular flexibility index (Phi) is 4.59. The van der Waals surface area contributed by atoms with Crippen LogP contribution < -0.4 is 10.1 Å². The molecule has 0 fully saturated rings. The van der Waals surface area contributed by atoms with Gasteiger partial charge in [-0.15, -0.1) is 0 Å². The summed E-state index contributed by atoms with van der Waals surface area (Å²) in [5, 5.41) is 11.7. The van der Waals surface area contributed by atoms with Crippen molar-refractivity contribution in [2.45, 2.75) is 44.8 Å². The second-order valence-electron chi connectivity index (χ2n) is 6.32. The van der Waals surface area contributed by atoms with Crippen LogP contribution in [0.25, 0.3) is 0 Å². The smallest absolute Gasteiger partial charge is 0.408 e. The van der Waals surface area contributed by atoms with Gasteiger partial charge in [-0.05, 0) is 33.3 Å². The van der Waals surface area contributed by atoms with Crippen LogP contribution in [0.3, 0.4) is 0 Å². The Morgan fingerprint density at radius 2 is 2.09 bits per heavy atom. The van der Waals surface area contributed by atoms with Crippen molar-refractivity contribution in [3.63, 3.8) is 0 Å². The summed E-state index contributed by atoms with van der Waals surface area (Å²) in [7, 11) is 0. The quantitative estimate of drug-likeness (QED) is 0.893. The highest BCUT2D eigenvalue weighted by Gasteiger charge is 2.31. The van der Waals surface area contributed by atoms with Gasteiger partial charge in [0.1, 0.15) is 17.4 Å². The number of carbonyl (C=O) groups is 2. The van der Waals surface area contributed by atoms with E-state index in [1.807, 2.05) is 24.3 Å². The molecule has 0 saturated carbocycles. The molecule has 6 nitrogen and oxygen atoms in total. The van der Waals surface area contributed by atoms with Crippen molar-refractivity contribution in [2.24, 2.45) is 0 Å². The lowest BCUT2D eigenvalue weighted by molar-refractivity contribution is -0.139. The minimum Gasteiger partial charge on any atom is -0.493 e. The fraction of sp³-hybridized carbons (Fsp3) is 0.500. The largest absolute Gasteiger partial charge is 0.493 e. The molecule has 2 atom stereocenters. The number of fused-ring (bicyclic) bond motifs is 1. The van der Waals surface area contributed by atoms with Crippen molar-refractivity contribution in [1.29, 1.82) is 0 Å². The number of carboxylic acid groups (broad SMARTS) is 1. The van der Waals surface area contributed by atoms with Crippen LogP contribution in [0.5, 0.6) is 5.75 Å². The van der Waals surface area contributed by atoms with Gasteiger partial charge >= 0.3 is 12.1 Å². The highest BCUT2D eigenvalue weighted by Crippen LogP contribution is 2.36. The highest BCUT2D eigenvalue weighted by molar-refractivity contribution is 5.80. The minimum atomic E-state index is -1.09. The zero-order valence-corrected chi connectivity index (χ0v) is 13.0. The molecule has 0 aromatic heterocycles. The molecule has 2 rings (SSSR count). The maximum Gasteiger partial charge on any atom is 0.408 e. The Labute approximate surface area is 129 Å². The second kappa shape index (κ2) is 6.25. The van der Waals surface area contributed by atoms with Gasteiger partial charge in [0.15, 0.2) is 0 Å². The number of rotatable bonds is 4. The van der Waals surface area contributed by atoms with Crippen molar-refractivity contribution in [2.75, 3.05) is 6.61 Å². The average molecular weight is 307 g/mol. The maximum absolute atomic E-state index is 11.8. The van der Waals surface area contributed by atoms with E-state index in [-0.39, 0.29) is 12.3 Å². The van der Waals surface area contributed by atoms with Gasteiger partial charge in [-0.1, -0.05) is 18.2 Å². The van der Waals surface area contributed by atoms with Gasteiger partial charge in [0.25, 0.3) is 0 Å². The molecule has 22 heavy (non-hydrogen) atoms. The summed E-state index contributed by atoms with van der Waals surface area (Å²) < 4.78 is 10.6. The number of ether oxygens (including phenoxy) is 2. The monoisotopic (exact) mass is 307 g/mol. The molecule has 0 radical (unpaired) electrons. The molecule has 120 valence electrons. The third-order valence-corrected chi connectivity index (χ3v) is 3.31.